The molecule has 0 amide bonds. The van der Waals surface area contributed by atoms with Gasteiger partial charge in [0, 0.05) is 21.3 Å². The zero-order valence-electron chi connectivity index (χ0n) is 13.5. The smallest absolute Gasteiger partial charge is 0.345 e. The van der Waals surface area contributed by atoms with E-state index in [1.54, 1.807) is 16.8 Å². The number of aryl methyl sites for hydroxylation is 2. The summed E-state index contributed by atoms with van der Waals surface area (Å²) in [4.78, 5) is 12.3. The summed E-state index contributed by atoms with van der Waals surface area (Å²) in [6, 6.07) is 9.29. The summed E-state index contributed by atoms with van der Waals surface area (Å²) in [6.45, 7) is 3.91. The highest BCUT2D eigenvalue weighted by atomic mass is 79.9. The Morgan fingerprint density at radius 1 is 1.20 bits per heavy atom. The van der Waals surface area contributed by atoms with Crippen LogP contribution in [0.15, 0.2) is 54.2 Å². The number of fused-ring (bicyclic) bond motifs is 1. The molecule has 2 aromatic heterocycles. The van der Waals surface area contributed by atoms with E-state index in [9.17, 15) is 4.79 Å². The van der Waals surface area contributed by atoms with Gasteiger partial charge in [0.25, 0.3) is 0 Å². The van der Waals surface area contributed by atoms with Gasteiger partial charge in [-0.15, -0.1) is 5.10 Å². The van der Waals surface area contributed by atoms with E-state index in [2.05, 4.69) is 31.2 Å². The van der Waals surface area contributed by atoms with E-state index >= 15 is 0 Å². The van der Waals surface area contributed by atoms with Gasteiger partial charge in [-0.25, -0.2) is 9.48 Å². The van der Waals surface area contributed by atoms with Crippen molar-refractivity contribution in [2.75, 3.05) is 5.75 Å². The van der Waals surface area contributed by atoms with Crippen LogP contribution in [0.25, 0.3) is 11.0 Å². The largest absolute Gasteiger partial charge is 0.422 e. The number of rotatable bonds is 1. The van der Waals surface area contributed by atoms with Crippen molar-refractivity contribution in [3.63, 3.8) is 0 Å². The summed E-state index contributed by atoms with van der Waals surface area (Å²) >= 11 is 4.92. The molecule has 8 heteroatoms. The molecule has 0 N–H and O–H groups in total. The average molecular weight is 417 g/mol. The Morgan fingerprint density at radius 2 is 2.04 bits per heavy atom. The van der Waals surface area contributed by atoms with Gasteiger partial charge < -0.3 is 4.42 Å². The second kappa shape index (κ2) is 6.27. The molecule has 6 nitrogen and oxygen atoms in total. The minimum atomic E-state index is -0.404. The third kappa shape index (κ3) is 3.07. The summed E-state index contributed by atoms with van der Waals surface area (Å²) in [5.74, 6) is 0.529. The third-order valence-electron chi connectivity index (χ3n) is 3.79. The fourth-order valence-corrected chi connectivity index (χ4v) is 3.91. The normalized spacial score (nSPS) is 14.5. The van der Waals surface area contributed by atoms with Gasteiger partial charge in [0.05, 0.1) is 17.0 Å². The Balaban J connectivity index is 1.76. The lowest BCUT2D eigenvalue weighted by molar-refractivity contribution is 0.559. The first-order chi connectivity index (χ1) is 12.0. The van der Waals surface area contributed by atoms with Crippen molar-refractivity contribution >= 4 is 49.5 Å². The zero-order chi connectivity index (χ0) is 17.6. The van der Waals surface area contributed by atoms with Gasteiger partial charge in [-0.3, -0.25) is 0 Å². The van der Waals surface area contributed by atoms with E-state index in [1.807, 2.05) is 32.0 Å². The number of hydrogen-bond acceptors (Lipinski definition) is 6. The number of hydrogen-bond donors (Lipinski definition) is 0. The SMILES string of the molecule is Cc1cc(C)n(C2=NN=C(c3cc4cc(Br)ccc4oc3=O)CS2)n1. The summed E-state index contributed by atoms with van der Waals surface area (Å²) in [6.07, 6.45) is 0. The fraction of sp³-hybridized carbons (Fsp3) is 0.176. The molecular formula is C17H13BrN4O2S. The van der Waals surface area contributed by atoms with Crippen LogP contribution in [0.4, 0.5) is 0 Å². The van der Waals surface area contributed by atoms with Crippen LogP contribution in [0.3, 0.4) is 0 Å². The van der Waals surface area contributed by atoms with Crippen molar-refractivity contribution in [1.82, 2.24) is 9.78 Å². The van der Waals surface area contributed by atoms with E-state index in [0.717, 1.165) is 21.2 Å². The molecule has 0 saturated carbocycles. The summed E-state index contributed by atoms with van der Waals surface area (Å²) < 4.78 is 8.09. The minimum Gasteiger partial charge on any atom is -0.422 e. The lowest BCUT2D eigenvalue weighted by Crippen LogP contribution is -2.22. The molecule has 0 fully saturated rings. The van der Waals surface area contributed by atoms with Crippen molar-refractivity contribution in [2.24, 2.45) is 10.2 Å². The van der Waals surface area contributed by atoms with Crippen molar-refractivity contribution in [3.05, 3.63) is 62.2 Å². The maximum absolute atomic E-state index is 12.3. The van der Waals surface area contributed by atoms with Gasteiger partial charge in [0.1, 0.15) is 5.58 Å². The average Bonchev–Trinajstić information content (AvgIpc) is 2.93. The van der Waals surface area contributed by atoms with Crippen molar-refractivity contribution in [3.8, 4) is 0 Å². The molecule has 3 aromatic rings. The molecule has 0 radical (unpaired) electrons. The number of halogens is 1. The van der Waals surface area contributed by atoms with E-state index in [4.69, 9.17) is 4.42 Å². The number of aromatic nitrogens is 2. The molecule has 126 valence electrons. The molecular weight excluding hydrogens is 404 g/mol. The maximum atomic E-state index is 12.3. The second-order valence-electron chi connectivity index (χ2n) is 5.69. The predicted octanol–water partition coefficient (Wildman–Crippen LogP) is 3.72. The Bertz CT molecular complexity index is 1110. The molecule has 0 bridgehead atoms. The first-order valence-corrected chi connectivity index (χ1v) is 9.34. The van der Waals surface area contributed by atoms with Crippen LogP contribution in [0.5, 0.6) is 0 Å². The van der Waals surface area contributed by atoms with Crippen LogP contribution in [0.2, 0.25) is 0 Å². The number of nitrogens with zero attached hydrogens (tertiary/aromatic N) is 4. The third-order valence-corrected chi connectivity index (χ3v) is 5.21. The molecule has 4 rings (SSSR count). The van der Waals surface area contributed by atoms with Crippen LogP contribution in [-0.2, 0) is 0 Å². The van der Waals surface area contributed by atoms with Gasteiger partial charge in [0.15, 0.2) is 0 Å². The minimum absolute atomic E-state index is 0.404. The molecule has 0 atom stereocenters. The highest BCUT2D eigenvalue weighted by Gasteiger charge is 2.19. The predicted molar refractivity (Wildman–Crippen MR) is 104 cm³/mol. The Morgan fingerprint density at radius 3 is 2.72 bits per heavy atom. The van der Waals surface area contributed by atoms with Crippen LogP contribution < -0.4 is 5.63 Å². The van der Waals surface area contributed by atoms with Gasteiger partial charge in [-0.05, 0) is 44.2 Å². The first kappa shape index (κ1) is 16.3. The number of benzene rings is 1. The molecule has 0 saturated heterocycles. The van der Waals surface area contributed by atoms with E-state index in [0.29, 0.717) is 27.8 Å². The Hall–Kier alpha value is -2.19. The molecule has 3 heterocycles. The monoisotopic (exact) mass is 416 g/mol. The first-order valence-electron chi connectivity index (χ1n) is 7.56. The van der Waals surface area contributed by atoms with Gasteiger partial charge in [-0.1, -0.05) is 27.7 Å². The van der Waals surface area contributed by atoms with Crippen molar-refractivity contribution in [2.45, 2.75) is 13.8 Å². The molecule has 1 aliphatic rings. The van der Waals surface area contributed by atoms with Gasteiger partial charge in [0.2, 0.25) is 5.17 Å². The molecule has 1 aromatic carbocycles. The topological polar surface area (TPSA) is 72.8 Å². The second-order valence-corrected chi connectivity index (χ2v) is 7.54. The van der Waals surface area contributed by atoms with E-state index < -0.39 is 5.63 Å². The molecule has 0 unspecified atom stereocenters. The molecule has 0 aliphatic carbocycles. The lowest BCUT2D eigenvalue weighted by Gasteiger charge is -2.12. The standard InChI is InChI=1S/C17H13BrN4O2S/c1-9-5-10(2)22(21-9)17-20-19-14(8-25-17)13-7-11-6-12(18)3-4-15(11)24-16(13)23/h3-7H,8H2,1-2H3. The highest BCUT2D eigenvalue weighted by Crippen LogP contribution is 2.22. The molecule has 1 aliphatic heterocycles. The Labute approximate surface area is 155 Å². The van der Waals surface area contributed by atoms with Crippen LogP contribution in [-0.4, -0.2) is 26.4 Å². The van der Waals surface area contributed by atoms with Crippen molar-refractivity contribution < 1.29 is 4.42 Å². The Kier molecular flexibility index (Phi) is 4.09. The molecule has 0 spiro atoms. The molecule has 25 heavy (non-hydrogen) atoms. The van der Waals surface area contributed by atoms with Gasteiger partial charge in [-0.2, -0.15) is 10.2 Å². The van der Waals surface area contributed by atoms with Gasteiger partial charge >= 0.3 is 5.63 Å². The maximum Gasteiger partial charge on any atom is 0.345 e. The summed E-state index contributed by atoms with van der Waals surface area (Å²) in [5.41, 5.74) is 3.11. The summed E-state index contributed by atoms with van der Waals surface area (Å²) in [7, 11) is 0. The van der Waals surface area contributed by atoms with Crippen LogP contribution in [0.1, 0.15) is 17.0 Å². The lowest BCUT2D eigenvalue weighted by atomic mass is 10.1. The van der Waals surface area contributed by atoms with E-state index in [-0.39, 0.29) is 0 Å². The number of thioether (sulfide) groups is 1. The van der Waals surface area contributed by atoms with Crippen molar-refractivity contribution in [1.29, 1.82) is 0 Å². The highest BCUT2D eigenvalue weighted by molar-refractivity contribution is 9.10. The quantitative estimate of drug-likeness (QED) is 0.566. The fourth-order valence-electron chi connectivity index (χ4n) is 2.65. The van der Waals surface area contributed by atoms with Crippen LogP contribution in [0, 0.1) is 13.8 Å². The summed E-state index contributed by atoms with van der Waals surface area (Å²) in [5, 5.41) is 14.4. The van der Waals surface area contributed by atoms with E-state index in [1.165, 1.54) is 11.8 Å². The van der Waals surface area contributed by atoms with Crippen LogP contribution >= 0.6 is 27.7 Å². The zero-order valence-corrected chi connectivity index (χ0v) is 15.9.